The molecule has 0 aromatic heterocycles. The van der Waals surface area contributed by atoms with Crippen molar-refractivity contribution in [3.63, 3.8) is 0 Å². The van der Waals surface area contributed by atoms with Crippen molar-refractivity contribution >= 4 is 22.5 Å². The number of hydrogen-bond donors (Lipinski definition) is 1. The molecule has 0 radical (unpaired) electrons. The topological polar surface area (TPSA) is 46.2 Å². The summed E-state index contributed by atoms with van der Waals surface area (Å²) in [6, 6.07) is 11.9. The van der Waals surface area contributed by atoms with E-state index in [9.17, 15) is 9.59 Å². The maximum atomic E-state index is 11.9. The van der Waals surface area contributed by atoms with Crippen LogP contribution in [-0.2, 0) is 11.2 Å². The number of hydrogen-bond acceptors (Lipinski definition) is 2. The van der Waals surface area contributed by atoms with E-state index >= 15 is 0 Å². The second-order valence-corrected chi connectivity index (χ2v) is 4.87. The molecular formula is C17H19NO2. The zero-order valence-corrected chi connectivity index (χ0v) is 11.9. The minimum atomic E-state index is -0.0323. The maximum Gasteiger partial charge on any atom is 0.216 e. The summed E-state index contributed by atoms with van der Waals surface area (Å²) in [5.74, 6) is 0.117. The Balaban J connectivity index is 2.38. The molecule has 0 fully saturated rings. The van der Waals surface area contributed by atoms with Gasteiger partial charge < -0.3 is 5.32 Å². The molecule has 0 saturated carbocycles. The van der Waals surface area contributed by atoms with Crippen LogP contribution in [0.2, 0.25) is 0 Å². The van der Waals surface area contributed by atoms with Crippen molar-refractivity contribution in [2.45, 2.75) is 26.7 Å². The van der Waals surface area contributed by atoms with Crippen LogP contribution >= 0.6 is 0 Å². The average Bonchev–Trinajstić information content (AvgIpc) is 2.45. The molecule has 20 heavy (non-hydrogen) atoms. The van der Waals surface area contributed by atoms with Gasteiger partial charge in [0.15, 0.2) is 5.78 Å². The van der Waals surface area contributed by atoms with Crippen molar-refractivity contribution in [1.82, 2.24) is 5.32 Å². The summed E-state index contributed by atoms with van der Waals surface area (Å²) in [6.45, 7) is 3.97. The summed E-state index contributed by atoms with van der Waals surface area (Å²) in [6.07, 6.45) is 1.23. The Kier molecular flexibility index (Phi) is 4.51. The molecule has 0 saturated heterocycles. The van der Waals surface area contributed by atoms with Crippen molar-refractivity contribution in [2.24, 2.45) is 0 Å². The monoisotopic (exact) mass is 269 g/mol. The smallest absolute Gasteiger partial charge is 0.216 e. The third-order valence-corrected chi connectivity index (χ3v) is 3.36. The average molecular weight is 269 g/mol. The van der Waals surface area contributed by atoms with E-state index in [1.807, 2.05) is 37.3 Å². The minimum absolute atomic E-state index is 0.0323. The first kappa shape index (κ1) is 14.3. The molecule has 0 heterocycles. The SMILES string of the molecule is CCC(=O)c1cc(CCNC(C)=O)c2ccccc2c1. The Bertz CT molecular complexity index is 646. The zero-order valence-electron chi connectivity index (χ0n) is 11.9. The van der Waals surface area contributed by atoms with Crippen LogP contribution in [0.3, 0.4) is 0 Å². The van der Waals surface area contributed by atoms with E-state index in [4.69, 9.17) is 0 Å². The standard InChI is InChI=1S/C17H19NO2/c1-3-17(20)15-10-13-6-4-5-7-16(13)14(11-15)8-9-18-12(2)19/h4-7,10-11H,3,8-9H2,1-2H3,(H,18,19). The lowest BCUT2D eigenvalue weighted by atomic mass is 9.96. The first-order valence-corrected chi connectivity index (χ1v) is 6.91. The molecule has 0 aliphatic carbocycles. The molecule has 0 aliphatic rings. The van der Waals surface area contributed by atoms with Crippen molar-refractivity contribution in [3.05, 3.63) is 47.5 Å². The summed E-state index contributed by atoms with van der Waals surface area (Å²) in [5.41, 5.74) is 1.86. The highest BCUT2D eigenvalue weighted by Crippen LogP contribution is 2.22. The van der Waals surface area contributed by atoms with Gasteiger partial charge >= 0.3 is 0 Å². The van der Waals surface area contributed by atoms with Crippen LogP contribution in [0, 0.1) is 0 Å². The molecule has 3 heteroatoms. The van der Waals surface area contributed by atoms with E-state index in [2.05, 4.69) is 11.4 Å². The molecule has 0 spiro atoms. The van der Waals surface area contributed by atoms with Gasteiger partial charge in [0.2, 0.25) is 5.91 Å². The van der Waals surface area contributed by atoms with Crippen LogP contribution in [-0.4, -0.2) is 18.2 Å². The van der Waals surface area contributed by atoms with Crippen LogP contribution < -0.4 is 5.32 Å². The van der Waals surface area contributed by atoms with E-state index in [0.29, 0.717) is 13.0 Å². The number of amides is 1. The minimum Gasteiger partial charge on any atom is -0.356 e. The number of carbonyl (C=O) groups excluding carboxylic acids is 2. The lowest BCUT2D eigenvalue weighted by Gasteiger charge is -2.10. The lowest BCUT2D eigenvalue weighted by Crippen LogP contribution is -2.22. The largest absolute Gasteiger partial charge is 0.356 e. The number of benzene rings is 2. The molecule has 1 amide bonds. The number of carbonyl (C=O) groups is 2. The van der Waals surface area contributed by atoms with Crippen LogP contribution in [0.5, 0.6) is 0 Å². The maximum absolute atomic E-state index is 11.9. The van der Waals surface area contributed by atoms with Crippen molar-refractivity contribution < 1.29 is 9.59 Å². The van der Waals surface area contributed by atoms with Crippen LogP contribution in [0.15, 0.2) is 36.4 Å². The number of Topliss-reactive ketones (excluding diaryl/α,β-unsaturated/α-hetero) is 1. The lowest BCUT2D eigenvalue weighted by molar-refractivity contribution is -0.118. The van der Waals surface area contributed by atoms with Gasteiger partial charge in [0.1, 0.15) is 0 Å². The Morgan fingerprint density at radius 3 is 2.60 bits per heavy atom. The number of fused-ring (bicyclic) bond motifs is 1. The highest BCUT2D eigenvalue weighted by atomic mass is 16.1. The van der Waals surface area contributed by atoms with E-state index < -0.39 is 0 Å². The molecule has 2 rings (SSSR count). The fraction of sp³-hybridized carbons (Fsp3) is 0.294. The van der Waals surface area contributed by atoms with E-state index in [-0.39, 0.29) is 11.7 Å². The van der Waals surface area contributed by atoms with Crippen LogP contribution in [0.4, 0.5) is 0 Å². The van der Waals surface area contributed by atoms with Gasteiger partial charge in [-0.15, -0.1) is 0 Å². The van der Waals surface area contributed by atoms with Crippen molar-refractivity contribution in [3.8, 4) is 0 Å². The molecule has 3 nitrogen and oxygen atoms in total. The Morgan fingerprint density at radius 2 is 1.90 bits per heavy atom. The van der Waals surface area contributed by atoms with Gasteiger partial charge in [0, 0.05) is 25.5 Å². The number of ketones is 1. The van der Waals surface area contributed by atoms with E-state index in [1.54, 1.807) is 0 Å². The molecule has 0 unspecified atom stereocenters. The predicted molar refractivity (Wildman–Crippen MR) is 81.0 cm³/mol. The van der Waals surface area contributed by atoms with Gasteiger partial charge in [-0.1, -0.05) is 31.2 Å². The Labute approximate surface area is 119 Å². The number of nitrogens with one attached hydrogen (secondary N) is 1. The normalized spacial score (nSPS) is 10.5. The second-order valence-electron chi connectivity index (χ2n) is 4.87. The highest BCUT2D eigenvalue weighted by Gasteiger charge is 2.08. The summed E-state index contributed by atoms with van der Waals surface area (Å²) < 4.78 is 0. The second kappa shape index (κ2) is 6.33. The molecule has 1 N–H and O–H groups in total. The van der Waals surface area contributed by atoms with E-state index in [0.717, 1.165) is 28.3 Å². The summed E-state index contributed by atoms with van der Waals surface area (Å²) in [7, 11) is 0. The quantitative estimate of drug-likeness (QED) is 0.848. The predicted octanol–water partition coefficient (Wildman–Crippen LogP) is 3.11. The Morgan fingerprint density at radius 1 is 1.15 bits per heavy atom. The fourth-order valence-corrected chi connectivity index (χ4v) is 2.34. The van der Waals surface area contributed by atoms with Gasteiger partial charge in [0.05, 0.1) is 0 Å². The van der Waals surface area contributed by atoms with Crippen LogP contribution in [0.1, 0.15) is 36.2 Å². The summed E-state index contributed by atoms with van der Waals surface area (Å²) in [5, 5.41) is 5.02. The number of rotatable bonds is 5. The first-order valence-electron chi connectivity index (χ1n) is 6.91. The van der Waals surface area contributed by atoms with Gasteiger partial charge in [-0.2, -0.15) is 0 Å². The molecule has 0 bridgehead atoms. The molecule has 104 valence electrons. The van der Waals surface area contributed by atoms with Crippen molar-refractivity contribution in [2.75, 3.05) is 6.54 Å². The molecular weight excluding hydrogens is 250 g/mol. The Hall–Kier alpha value is -2.16. The van der Waals surface area contributed by atoms with Gasteiger partial charge in [-0.05, 0) is 34.9 Å². The molecule has 2 aromatic rings. The van der Waals surface area contributed by atoms with Gasteiger partial charge in [-0.25, -0.2) is 0 Å². The van der Waals surface area contributed by atoms with E-state index in [1.165, 1.54) is 6.92 Å². The third kappa shape index (κ3) is 3.23. The van der Waals surface area contributed by atoms with Gasteiger partial charge in [-0.3, -0.25) is 9.59 Å². The zero-order chi connectivity index (χ0) is 14.5. The fourth-order valence-electron chi connectivity index (χ4n) is 2.34. The van der Waals surface area contributed by atoms with Gasteiger partial charge in [0.25, 0.3) is 0 Å². The summed E-state index contributed by atoms with van der Waals surface area (Å²) in [4.78, 5) is 22.9. The van der Waals surface area contributed by atoms with Crippen LogP contribution in [0.25, 0.3) is 10.8 Å². The summed E-state index contributed by atoms with van der Waals surface area (Å²) >= 11 is 0. The third-order valence-electron chi connectivity index (χ3n) is 3.36. The molecule has 2 aromatic carbocycles. The molecule has 0 atom stereocenters. The van der Waals surface area contributed by atoms with Crippen molar-refractivity contribution in [1.29, 1.82) is 0 Å². The first-order chi connectivity index (χ1) is 9.61. The molecule has 0 aliphatic heterocycles. The highest BCUT2D eigenvalue weighted by molar-refractivity contribution is 6.00.